The average molecular weight is 316 g/mol. The van der Waals surface area contributed by atoms with Crippen molar-refractivity contribution in [2.75, 3.05) is 0 Å². The van der Waals surface area contributed by atoms with Crippen LogP contribution in [0.3, 0.4) is 0 Å². The first kappa shape index (κ1) is 16.4. The fourth-order valence-electron chi connectivity index (χ4n) is 3.80. The smallest absolute Gasteiger partial charge is 0.314 e. The van der Waals surface area contributed by atoms with E-state index in [1.165, 1.54) is 25.7 Å². The molecule has 0 saturated heterocycles. The monoisotopic (exact) mass is 316 g/mol. The van der Waals surface area contributed by atoms with Gasteiger partial charge in [-0.3, -0.25) is 4.79 Å². The van der Waals surface area contributed by atoms with E-state index in [1.54, 1.807) is 12.4 Å². The predicted molar refractivity (Wildman–Crippen MR) is 89.2 cm³/mol. The maximum Gasteiger partial charge on any atom is 0.314 e. The molecule has 0 aromatic carbocycles. The average Bonchev–Trinajstić information content (AvgIpc) is 2.57. The first-order valence-corrected chi connectivity index (χ1v) is 9.15. The molecule has 2 aliphatic carbocycles. The molecule has 0 spiro atoms. The summed E-state index contributed by atoms with van der Waals surface area (Å²) in [6, 6.07) is 0. The Bertz CT molecular complexity index is 513. The minimum atomic E-state index is -0.111. The third-order valence-electron chi connectivity index (χ3n) is 5.60. The quantitative estimate of drug-likeness (QED) is 0.770. The number of hydrogen-bond donors (Lipinski definition) is 0. The summed E-state index contributed by atoms with van der Waals surface area (Å²) in [5.41, 5.74) is 0. The van der Waals surface area contributed by atoms with Crippen LogP contribution in [0.2, 0.25) is 0 Å². The summed E-state index contributed by atoms with van der Waals surface area (Å²) in [5.74, 6) is 3.36. The Morgan fingerprint density at radius 3 is 2.00 bits per heavy atom. The van der Waals surface area contributed by atoms with Crippen molar-refractivity contribution in [1.29, 1.82) is 0 Å². The van der Waals surface area contributed by atoms with E-state index in [0.717, 1.165) is 43.3 Å². The summed E-state index contributed by atoms with van der Waals surface area (Å²) in [6.45, 7) is 4.56. The lowest BCUT2D eigenvalue weighted by Crippen LogP contribution is -2.25. The zero-order valence-corrected chi connectivity index (χ0v) is 14.3. The highest BCUT2D eigenvalue weighted by Crippen LogP contribution is 2.34. The van der Waals surface area contributed by atoms with Crippen LogP contribution >= 0.6 is 0 Å². The van der Waals surface area contributed by atoms with E-state index in [1.807, 2.05) is 0 Å². The van der Waals surface area contributed by atoms with Crippen LogP contribution in [-0.2, 0) is 4.79 Å². The summed E-state index contributed by atoms with van der Waals surface area (Å²) < 4.78 is 5.48. The molecule has 4 nitrogen and oxygen atoms in total. The summed E-state index contributed by atoms with van der Waals surface area (Å²) >= 11 is 0. The number of rotatable bonds is 3. The van der Waals surface area contributed by atoms with Crippen LogP contribution in [0.4, 0.5) is 0 Å². The Morgan fingerprint density at radius 1 is 0.913 bits per heavy atom. The number of ether oxygens (including phenoxy) is 1. The van der Waals surface area contributed by atoms with E-state index < -0.39 is 0 Å². The van der Waals surface area contributed by atoms with E-state index in [-0.39, 0.29) is 11.9 Å². The second-order valence-corrected chi connectivity index (χ2v) is 7.61. The summed E-state index contributed by atoms with van der Waals surface area (Å²) in [7, 11) is 0. The molecule has 1 aromatic heterocycles. The molecule has 23 heavy (non-hydrogen) atoms. The van der Waals surface area contributed by atoms with Crippen LogP contribution in [0, 0.1) is 17.8 Å². The predicted octanol–water partition coefficient (Wildman–Crippen LogP) is 4.50. The minimum absolute atomic E-state index is 0.0470. The highest BCUT2D eigenvalue weighted by Gasteiger charge is 2.26. The Balaban J connectivity index is 1.54. The molecule has 0 bridgehead atoms. The first-order chi connectivity index (χ1) is 11.1. The number of hydrogen-bond acceptors (Lipinski definition) is 4. The molecule has 0 N–H and O–H groups in total. The van der Waals surface area contributed by atoms with Crippen molar-refractivity contribution in [2.24, 2.45) is 17.8 Å². The molecule has 1 heterocycles. The van der Waals surface area contributed by atoms with Gasteiger partial charge in [0.05, 0.1) is 18.3 Å². The van der Waals surface area contributed by atoms with Gasteiger partial charge in [-0.25, -0.2) is 9.97 Å². The normalized spacial score (nSPS) is 31.6. The van der Waals surface area contributed by atoms with Crippen molar-refractivity contribution in [1.82, 2.24) is 9.97 Å². The lowest BCUT2D eigenvalue weighted by molar-refractivity contribution is -0.140. The van der Waals surface area contributed by atoms with Gasteiger partial charge in [0.25, 0.3) is 0 Å². The van der Waals surface area contributed by atoms with E-state index >= 15 is 0 Å². The van der Waals surface area contributed by atoms with Gasteiger partial charge in [0.2, 0.25) is 0 Å². The van der Waals surface area contributed by atoms with Gasteiger partial charge in [0.1, 0.15) is 5.82 Å². The molecule has 2 saturated carbocycles. The first-order valence-electron chi connectivity index (χ1n) is 9.15. The summed E-state index contributed by atoms with van der Waals surface area (Å²) in [4.78, 5) is 21.1. The van der Waals surface area contributed by atoms with Crippen LogP contribution in [0.5, 0.6) is 5.75 Å². The fraction of sp³-hybridized carbons (Fsp3) is 0.737. The highest BCUT2D eigenvalue weighted by atomic mass is 16.5. The molecule has 0 radical (unpaired) electrons. The van der Waals surface area contributed by atoms with Gasteiger partial charge in [-0.2, -0.15) is 0 Å². The van der Waals surface area contributed by atoms with Crippen molar-refractivity contribution < 1.29 is 9.53 Å². The highest BCUT2D eigenvalue weighted by molar-refractivity contribution is 5.75. The number of esters is 1. The van der Waals surface area contributed by atoms with Gasteiger partial charge in [0, 0.05) is 5.92 Å². The molecule has 2 aliphatic rings. The second kappa shape index (κ2) is 7.41. The molecule has 2 fully saturated rings. The third kappa shape index (κ3) is 4.30. The largest absolute Gasteiger partial charge is 0.423 e. The van der Waals surface area contributed by atoms with Crippen LogP contribution in [-0.4, -0.2) is 15.9 Å². The minimum Gasteiger partial charge on any atom is -0.423 e. The zero-order chi connectivity index (χ0) is 16.2. The van der Waals surface area contributed by atoms with Crippen molar-refractivity contribution in [3.8, 4) is 5.75 Å². The molecular formula is C19H28N2O2. The van der Waals surface area contributed by atoms with Crippen molar-refractivity contribution in [3.05, 3.63) is 18.2 Å². The molecule has 3 rings (SSSR count). The molecule has 126 valence electrons. The van der Waals surface area contributed by atoms with Crippen molar-refractivity contribution in [2.45, 2.75) is 71.1 Å². The second-order valence-electron chi connectivity index (χ2n) is 7.61. The van der Waals surface area contributed by atoms with Crippen LogP contribution in [0.15, 0.2) is 12.4 Å². The number of aromatic nitrogens is 2. The molecule has 1 aromatic rings. The Labute approximate surface area is 139 Å². The van der Waals surface area contributed by atoms with Gasteiger partial charge >= 0.3 is 5.97 Å². The summed E-state index contributed by atoms with van der Waals surface area (Å²) in [5, 5.41) is 0. The van der Waals surface area contributed by atoms with Gasteiger partial charge in [-0.15, -0.1) is 0 Å². The van der Waals surface area contributed by atoms with E-state index in [4.69, 9.17) is 4.74 Å². The van der Waals surface area contributed by atoms with Crippen molar-refractivity contribution >= 4 is 5.97 Å². The van der Waals surface area contributed by atoms with Gasteiger partial charge in [0.15, 0.2) is 5.75 Å². The SMILES string of the molecule is CC1CCC(C(=O)Oc2cnc(C3CCC(C)CC3)nc2)CC1. The fourth-order valence-corrected chi connectivity index (χ4v) is 3.80. The van der Waals surface area contributed by atoms with Crippen LogP contribution < -0.4 is 4.74 Å². The van der Waals surface area contributed by atoms with Crippen molar-refractivity contribution in [3.63, 3.8) is 0 Å². The molecule has 0 atom stereocenters. The third-order valence-corrected chi connectivity index (χ3v) is 5.60. The number of carbonyl (C=O) groups excluding carboxylic acids is 1. The van der Waals surface area contributed by atoms with E-state index in [2.05, 4.69) is 23.8 Å². The molecular weight excluding hydrogens is 288 g/mol. The van der Waals surface area contributed by atoms with Gasteiger partial charge in [-0.05, 0) is 50.4 Å². The number of nitrogens with zero attached hydrogens (tertiary/aromatic N) is 2. The summed E-state index contributed by atoms with van der Waals surface area (Å²) in [6.07, 6.45) is 12.3. The zero-order valence-electron chi connectivity index (χ0n) is 14.3. The van der Waals surface area contributed by atoms with Crippen LogP contribution in [0.25, 0.3) is 0 Å². The maximum absolute atomic E-state index is 12.2. The van der Waals surface area contributed by atoms with Crippen LogP contribution in [0.1, 0.15) is 77.0 Å². The molecule has 0 amide bonds. The molecule has 0 unspecified atom stereocenters. The van der Waals surface area contributed by atoms with E-state index in [0.29, 0.717) is 11.7 Å². The molecule has 4 heteroatoms. The Kier molecular flexibility index (Phi) is 5.29. The lowest BCUT2D eigenvalue weighted by atomic mass is 9.82. The van der Waals surface area contributed by atoms with Gasteiger partial charge < -0.3 is 4.74 Å². The topological polar surface area (TPSA) is 52.1 Å². The Morgan fingerprint density at radius 2 is 1.43 bits per heavy atom. The molecule has 0 aliphatic heterocycles. The van der Waals surface area contributed by atoms with E-state index in [9.17, 15) is 4.79 Å². The van der Waals surface area contributed by atoms with Gasteiger partial charge in [-0.1, -0.05) is 26.7 Å². The maximum atomic E-state index is 12.2. The number of carbonyl (C=O) groups is 1. The standard InChI is InChI=1S/C19H28N2O2/c1-13-3-7-15(8-4-13)18-20-11-17(12-21-18)23-19(22)16-9-5-14(2)6-10-16/h11-16H,3-10H2,1-2H3. The Hall–Kier alpha value is -1.45. The lowest BCUT2D eigenvalue weighted by Gasteiger charge is -2.25.